The van der Waals surface area contributed by atoms with Gasteiger partial charge in [-0.1, -0.05) is 0 Å². The van der Waals surface area contributed by atoms with E-state index < -0.39 is 0 Å². The van der Waals surface area contributed by atoms with E-state index in [0.717, 1.165) is 30.4 Å². The molecule has 2 rings (SSSR count). The zero-order valence-electron chi connectivity index (χ0n) is 10.1. The van der Waals surface area contributed by atoms with Crippen LogP contribution in [0.15, 0.2) is 15.9 Å². The summed E-state index contributed by atoms with van der Waals surface area (Å²) in [6, 6.07) is 2.30. The van der Waals surface area contributed by atoms with Crippen LogP contribution in [0.2, 0.25) is 0 Å². The molecule has 1 aliphatic rings. The van der Waals surface area contributed by atoms with Crippen LogP contribution >= 0.6 is 27.3 Å². The normalized spacial score (nSPS) is 22.9. The van der Waals surface area contributed by atoms with Gasteiger partial charge in [0.2, 0.25) is 5.91 Å². The summed E-state index contributed by atoms with van der Waals surface area (Å²) in [5.41, 5.74) is 11.3. The second kappa shape index (κ2) is 6.14. The lowest BCUT2D eigenvalue weighted by Gasteiger charge is -2.36. The summed E-state index contributed by atoms with van der Waals surface area (Å²) in [4.78, 5) is 14.8. The van der Waals surface area contributed by atoms with Crippen molar-refractivity contribution in [2.75, 3.05) is 19.6 Å². The van der Waals surface area contributed by atoms with Crippen molar-refractivity contribution in [2.45, 2.75) is 18.9 Å². The molecule has 4 N–H and O–H groups in total. The van der Waals surface area contributed by atoms with Gasteiger partial charge >= 0.3 is 0 Å². The van der Waals surface area contributed by atoms with Gasteiger partial charge in [-0.2, -0.15) is 0 Å². The predicted molar refractivity (Wildman–Crippen MR) is 77.3 cm³/mol. The fourth-order valence-corrected chi connectivity index (χ4v) is 4.06. The molecule has 0 radical (unpaired) electrons. The first-order valence-electron chi connectivity index (χ1n) is 6.09. The number of carbonyl (C=O) groups excluding carboxylic acids is 1. The number of nitrogens with zero attached hydrogens (tertiary/aromatic N) is 1. The number of thiophene rings is 1. The number of amides is 1. The molecule has 1 aliphatic heterocycles. The van der Waals surface area contributed by atoms with E-state index in [9.17, 15) is 4.79 Å². The van der Waals surface area contributed by atoms with Crippen molar-refractivity contribution in [3.8, 4) is 0 Å². The molecule has 18 heavy (non-hydrogen) atoms. The minimum atomic E-state index is -0.192. The van der Waals surface area contributed by atoms with Crippen molar-refractivity contribution in [3.63, 3.8) is 0 Å². The van der Waals surface area contributed by atoms with Crippen molar-refractivity contribution in [2.24, 2.45) is 17.4 Å². The van der Waals surface area contributed by atoms with Gasteiger partial charge in [0.25, 0.3) is 0 Å². The smallest absolute Gasteiger partial charge is 0.221 e. The third-order valence-corrected chi connectivity index (χ3v) is 5.23. The Hall–Kier alpha value is -0.430. The highest BCUT2D eigenvalue weighted by Crippen LogP contribution is 2.31. The van der Waals surface area contributed by atoms with E-state index in [1.807, 2.05) is 0 Å². The van der Waals surface area contributed by atoms with Crippen LogP contribution in [0.5, 0.6) is 0 Å². The molecule has 2 heterocycles. The third kappa shape index (κ3) is 3.12. The van der Waals surface area contributed by atoms with Crippen molar-refractivity contribution in [1.82, 2.24) is 4.90 Å². The fourth-order valence-electron chi connectivity index (χ4n) is 2.47. The second-order valence-corrected chi connectivity index (χ2v) is 6.51. The van der Waals surface area contributed by atoms with Crippen LogP contribution in [0.4, 0.5) is 0 Å². The van der Waals surface area contributed by atoms with E-state index >= 15 is 0 Å². The Bertz CT molecular complexity index is 423. The number of primary amides is 1. The van der Waals surface area contributed by atoms with Crippen molar-refractivity contribution in [1.29, 1.82) is 0 Å². The topological polar surface area (TPSA) is 72.3 Å². The zero-order valence-corrected chi connectivity index (χ0v) is 12.5. The fraction of sp³-hybridized carbons (Fsp3) is 0.583. The molecule has 1 aromatic rings. The highest BCUT2D eigenvalue weighted by Gasteiger charge is 2.29. The maximum atomic E-state index is 11.3. The molecule has 1 amide bonds. The maximum absolute atomic E-state index is 11.3. The molecule has 2 atom stereocenters. The molecular weight excluding hydrogens is 314 g/mol. The van der Waals surface area contributed by atoms with Crippen molar-refractivity contribution < 1.29 is 4.79 Å². The first-order chi connectivity index (χ1) is 8.61. The number of halogens is 1. The second-order valence-electron chi connectivity index (χ2n) is 4.66. The molecule has 0 bridgehead atoms. The lowest BCUT2D eigenvalue weighted by Crippen LogP contribution is -2.44. The Kier molecular flexibility index (Phi) is 4.77. The number of hydrogen-bond donors (Lipinski definition) is 2. The summed E-state index contributed by atoms with van der Waals surface area (Å²) in [6.45, 7) is 2.28. The van der Waals surface area contributed by atoms with Gasteiger partial charge in [0, 0.05) is 27.8 Å². The van der Waals surface area contributed by atoms with Crippen molar-refractivity contribution in [3.05, 3.63) is 20.8 Å². The van der Waals surface area contributed by atoms with Crippen LogP contribution in [0.3, 0.4) is 0 Å². The maximum Gasteiger partial charge on any atom is 0.221 e. The molecule has 6 heteroatoms. The van der Waals surface area contributed by atoms with Crippen molar-refractivity contribution >= 4 is 33.2 Å². The summed E-state index contributed by atoms with van der Waals surface area (Å²) in [7, 11) is 0. The molecule has 1 fully saturated rings. The largest absolute Gasteiger partial charge is 0.369 e. The molecule has 100 valence electrons. The number of piperidine rings is 1. The van der Waals surface area contributed by atoms with Gasteiger partial charge in [0.05, 0.1) is 12.0 Å². The number of nitrogens with two attached hydrogens (primary N) is 2. The zero-order chi connectivity index (χ0) is 13.1. The average Bonchev–Trinajstić information content (AvgIpc) is 2.77. The molecule has 1 saturated heterocycles. The van der Waals surface area contributed by atoms with E-state index in [2.05, 4.69) is 32.3 Å². The molecule has 0 spiro atoms. The van der Waals surface area contributed by atoms with Crippen LogP contribution in [-0.4, -0.2) is 30.4 Å². The van der Waals surface area contributed by atoms with Crippen LogP contribution in [0, 0.1) is 5.92 Å². The van der Waals surface area contributed by atoms with Crippen LogP contribution < -0.4 is 11.5 Å². The van der Waals surface area contributed by atoms with E-state index in [1.54, 1.807) is 11.3 Å². The van der Waals surface area contributed by atoms with E-state index in [-0.39, 0.29) is 17.9 Å². The van der Waals surface area contributed by atoms with Gasteiger partial charge in [-0.3, -0.25) is 9.69 Å². The summed E-state index contributed by atoms with van der Waals surface area (Å²) in [6.07, 6.45) is 1.91. The average molecular weight is 332 g/mol. The van der Waals surface area contributed by atoms with Crippen LogP contribution in [0.1, 0.15) is 23.8 Å². The van der Waals surface area contributed by atoms with Gasteiger partial charge in [-0.05, 0) is 41.4 Å². The van der Waals surface area contributed by atoms with E-state index in [0.29, 0.717) is 6.54 Å². The van der Waals surface area contributed by atoms with E-state index in [4.69, 9.17) is 11.5 Å². The third-order valence-electron chi connectivity index (χ3n) is 3.44. The Morgan fingerprint density at radius 1 is 1.67 bits per heavy atom. The van der Waals surface area contributed by atoms with Gasteiger partial charge in [-0.15, -0.1) is 11.3 Å². The molecule has 0 saturated carbocycles. The minimum Gasteiger partial charge on any atom is -0.369 e. The number of hydrogen-bond acceptors (Lipinski definition) is 4. The van der Waals surface area contributed by atoms with E-state index in [1.165, 1.54) is 4.88 Å². The summed E-state index contributed by atoms with van der Waals surface area (Å²) in [5.74, 6) is -0.223. The first kappa shape index (κ1) is 14.0. The number of likely N-dealkylation sites (tertiary alicyclic amines) is 1. The highest BCUT2D eigenvalue weighted by molar-refractivity contribution is 9.10. The predicted octanol–water partition coefficient (Wildman–Crippen LogP) is 1.71. The Balaban J connectivity index is 2.10. The SMILES string of the molecule is NCC(c1cc(Br)cs1)N1CCCC(C(N)=O)C1. The summed E-state index contributed by atoms with van der Waals surface area (Å²) < 4.78 is 1.09. The quantitative estimate of drug-likeness (QED) is 0.882. The summed E-state index contributed by atoms with van der Waals surface area (Å²) in [5, 5.41) is 2.06. The van der Waals surface area contributed by atoms with Gasteiger partial charge < -0.3 is 11.5 Å². The summed E-state index contributed by atoms with van der Waals surface area (Å²) >= 11 is 5.17. The van der Waals surface area contributed by atoms with Crippen LogP contribution in [0.25, 0.3) is 0 Å². The molecule has 2 unspecified atom stereocenters. The van der Waals surface area contributed by atoms with Gasteiger partial charge in [-0.25, -0.2) is 0 Å². The lowest BCUT2D eigenvalue weighted by atomic mass is 9.96. The standard InChI is InChI=1S/C12H18BrN3OS/c13-9-4-11(18-7-9)10(5-14)16-3-1-2-8(6-16)12(15)17/h4,7-8,10H,1-3,5-6,14H2,(H2,15,17). The Morgan fingerprint density at radius 3 is 3.00 bits per heavy atom. The molecule has 4 nitrogen and oxygen atoms in total. The molecule has 0 aliphatic carbocycles. The molecule has 0 aromatic carbocycles. The lowest BCUT2D eigenvalue weighted by molar-refractivity contribution is -0.123. The first-order valence-corrected chi connectivity index (χ1v) is 7.76. The van der Waals surface area contributed by atoms with Gasteiger partial charge in [0.15, 0.2) is 0 Å². The minimum absolute atomic E-state index is 0.0313. The molecular formula is C12H18BrN3OS. The number of carbonyl (C=O) groups is 1. The Morgan fingerprint density at radius 2 is 2.44 bits per heavy atom. The van der Waals surface area contributed by atoms with Gasteiger partial charge in [0.1, 0.15) is 0 Å². The number of rotatable bonds is 4. The monoisotopic (exact) mass is 331 g/mol. The Labute approximate surface area is 119 Å². The molecule has 1 aromatic heterocycles. The highest BCUT2D eigenvalue weighted by atomic mass is 79.9. The van der Waals surface area contributed by atoms with Crippen LogP contribution in [-0.2, 0) is 4.79 Å².